The van der Waals surface area contributed by atoms with Crippen LogP contribution >= 0.6 is 0 Å². The molecule has 0 radical (unpaired) electrons. The van der Waals surface area contributed by atoms with E-state index in [9.17, 15) is 0 Å². The van der Waals surface area contributed by atoms with E-state index in [1.807, 2.05) is 0 Å². The third-order valence-corrected chi connectivity index (χ3v) is 3.96. The number of rotatable bonds is 5. The fourth-order valence-corrected chi connectivity index (χ4v) is 2.27. The van der Waals surface area contributed by atoms with Gasteiger partial charge in [0.15, 0.2) is 0 Å². The predicted molar refractivity (Wildman–Crippen MR) is 72.0 cm³/mol. The van der Waals surface area contributed by atoms with E-state index < -0.39 is 0 Å². The van der Waals surface area contributed by atoms with E-state index >= 15 is 0 Å². The number of β-amino-alcohol motifs (C(OH)–C–C–N with tert-alkyl or cyclic N) is 1. The minimum atomic E-state index is 0.173. The molecule has 0 spiro atoms. The van der Waals surface area contributed by atoms with E-state index in [1.54, 1.807) is 0 Å². The summed E-state index contributed by atoms with van der Waals surface area (Å²) in [6.45, 7) is 13.1. The molecule has 4 heteroatoms. The van der Waals surface area contributed by atoms with Crippen LogP contribution < -0.4 is 5.73 Å². The normalized spacial score (nSPS) is 22.4. The molecule has 0 aromatic rings. The summed E-state index contributed by atoms with van der Waals surface area (Å²) in [4.78, 5) is 4.86. The van der Waals surface area contributed by atoms with Gasteiger partial charge in [0.05, 0.1) is 6.61 Å². The first-order chi connectivity index (χ1) is 7.95. The van der Waals surface area contributed by atoms with Crippen LogP contribution in [0, 0.1) is 5.41 Å². The Morgan fingerprint density at radius 2 is 1.76 bits per heavy atom. The van der Waals surface area contributed by atoms with Crippen molar-refractivity contribution in [3.8, 4) is 0 Å². The Bertz CT molecular complexity index is 219. The van der Waals surface area contributed by atoms with E-state index in [0.717, 1.165) is 39.3 Å². The fraction of sp³-hybridized carbons (Fsp3) is 1.00. The summed E-state index contributed by atoms with van der Waals surface area (Å²) in [7, 11) is 0. The fourth-order valence-electron chi connectivity index (χ4n) is 2.27. The van der Waals surface area contributed by atoms with Crippen molar-refractivity contribution < 1.29 is 5.11 Å². The summed E-state index contributed by atoms with van der Waals surface area (Å²) in [5.74, 6) is 0. The average molecular weight is 243 g/mol. The van der Waals surface area contributed by atoms with Gasteiger partial charge < -0.3 is 15.7 Å². The molecule has 0 aliphatic carbocycles. The number of nitrogens with two attached hydrogens (primary N) is 1. The molecule has 102 valence electrons. The van der Waals surface area contributed by atoms with Crippen LogP contribution in [-0.2, 0) is 0 Å². The second kappa shape index (κ2) is 6.69. The van der Waals surface area contributed by atoms with Crippen LogP contribution in [0.5, 0.6) is 0 Å². The molecule has 1 rings (SSSR count). The van der Waals surface area contributed by atoms with Crippen molar-refractivity contribution in [2.24, 2.45) is 11.1 Å². The van der Waals surface area contributed by atoms with Crippen LogP contribution in [0.2, 0.25) is 0 Å². The van der Waals surface area contributed by atoms with Crippen LogP contribution in [-0.4, -0.2) is 66.8 Å². The standard InChI is InChI=1S/C13H29N3O/c1-12(14)13(2,3)11-16-6-4-5-15(7-8-16)9-10-17/h12,17H,4-11,14H2,1-3H3. The lowest BCUT2D eigenvalue weighted by atomic mass is 9.85. The number of aliphatic hydroxyl groups excluding tert-OH is 1. The van der Waals surface area contributed by atoms with Gasteiger partial charge in [0.2, 0.25) is 0 Å². The molecule has 1 fully saturated rings. The minimum absolute atomic E-state index is 0.173. The summed E-state index contributed by atoms with van der Waals surface area (Å²) < 4.78 is 0. The van der Waals surface area contributed by atoms with E-state index in [1.165, 1.54) is 6.42 Å². The largest absolute Gasteiger partial charge is 0.395 e. The minimum Gasteiger partial charge on any atom is -0.395 e. The van der Waals surface area contributed by atoms with E-state index in [0.29, 0.717) is 0 Å². The molecule has 4 nitrogen and oxygen atoms in total. The Kier molecular flexibility index (Phi) is 5.86. The third-order valence-electron chi connectivity index (χ3n) is 3.96. The number of nitrogens with zero attached hydrogens (tertiary/aromatic N) is 2. The maximum absolute atomic E-state index is 8.96. The van der Waals surface area contributed by atoms with Crippen LogP contribution in [0.4, 0.5) is 0 Å². The zero-order valence-corrected chi connectivity index (χ0v) is 11.7. The second-order valence-corrected chi connectivity index (χ2v) is 5.97. The Hall–Kier alpha value is -0.160. The van der Waals surface area contributed by atoms with Gasteiger partial charge in [-0.1, -0.05) is 13.8 Å². The number of hydrogen-bond acceptors (Lipinski definition) is 4. The van der Waals surface area contributed by atoms with Crippen LogP contribution in [0.1, 0.15) is 27.2 Å². The monoisotopic (exact) mass is 243 g/mol. The lowest BCUT2D eigenvalue weighted by molar-refractivity contribution is 0.155. The van der Waals surface area contributed by atoms with E-state index in [2.05, 4.69) is 30.6 Å². The van der Waals surface area contributed by atoms with Crippen molar-refractivity contribution in [1.82, 2.24) is 9.80 Å². The maximum Gasteiger partial charge on any atom is 0.0558 e. The van der Waals surface area contributed by atoms with Crippen LogP contribution in [0.15, 0.2) is 0 Å². The summed E-state index contributed by atoms with van der Waals surface area (Å²) in [6, 6.07) is 0.222. The van der Waals surface area contributed by atoms with E-state index in [-0.39, 0.29) is 18.1 Å². The molecule has 1 aliphatic rings. The highest BCUT2D eigenvalue weighted by molar-refractivity contribution is 4.83. The molecule has 1 aliphatic heterocycles. The SMILES string of the molecule is CC(N)C(C)(C)CN1CCCN(CCO)CC1. The smallest absolute Gasteiger partial charge is 0.0558 e. The summed E-state index contributed by atoms with van der Waals surface area (Å²) in [5, 5.41) is 8.96. The summed E-state index contributed by atoms with van der Waals surface area (Å²) in [6.07, 6.45) is 1.19. The molecule has 1 saturated heterocycles. The predicted octanol–water partition coefficient (Wildman–Crippen LogP) is 0.360. The van der Waals surface area contributed by atoms with Gasteiger partial charge in [-0.3, -0.25) is 4.90 Å². The highest BCUT2D eigenvalue weighted by atomic mass is 16.3. The first kappa shape index (κ1) is 14.9. The van der Waals surface area contributed by atoms with Gasteiger partial charge >= 0.3 is 0 Å². The molecule has 3 N–H and O–H groups in total. The molecular weight excluding hydrogens is 214 g/mol. The lowest BCUT2D eigenvalue weighted by Crippen LogP contribution is -2.45. The zero-order valence-electron chi connectivity index (χ0n) is 11.7. The van der Waals surface area contributed by atoms with Crippen molar-refractivity contribution in [2.75, 3.05) is 45.9 Å². The van der Waals surface area contributed by atoms with Gasteiger partial charge in [-0.25, -0.2) is 0 Å². The quantitative estimate of drug-likeness (QED) is 0.732. The lowest BCUT2D eigenvalue weighted by Gasteiger charge is -2.35. The van der Waals surface area contributed by atoms with Crippen LogP contribution in [0.3, 0.4) is 0 Å². The third kappa shape index (κ3) is 4.92. The van der Waals surface area contributed by atoms with Crippen molar-refractivity contribution in [3.63, 3.8) is 0 Å². The Balaban J connectivity index is 2.41. The first-order valence-electron chi connectivity index (χ1n) is 6.77. The molecule has 17 heavy (non-hydrogen) atoms. The molecule has 1 unspecified atom stereocenters. The Morgan fingerprint density at radius 1 is 1.18 bits per heavy atom. The molecular formula is C13H29N3O. The maximum atomic E-state index is 8.96. The van der Waals surface area contributed by atoms with Gasteiger partial charge in [-0.05, 0) is 31.8 Å². The van der Waals surface area contributed by atoms with Crippen LogP contribution in [0.25, 0.3) is 0 Å². The molecule has 0 amide bonds. The molecule has 1 atom stereocenters. The van der Waals surface area contributed by atoms with Gasteiger partial charge in [0.1, 0.15) is 0 Å². The van der Waals surface area contributed by atoms with Crippen molar-refractivity contribution in [1.29, 1.82) is 0 Å². The Morgan fingerprint density at radius 3 is 2.35 bits per heavy atom. The molecule has 0 aromatic heterocycles. The van der Waals surface area contributed by atoms with Gasteiger partial charge in [-0.15, -0.1) is 0 Å². The zero-order chi connectivity index (χ0) is 12.9. The molecule has 1 heterocycles. The average Bonchev–Trinajstić information content (AvgIpc) is 2.44. The topological polar surface area (TPSA) is 52.7 Å². The van der Waals surface area contributed by atoms with Gasteiger partial charge in [-0.2, -0.15) is 0 Å². The molecule has 0 aromatic carbocycles. The van der Waals surface area contributed by atoms with Gasteiger partial charge in [0, 0.05) is 32.2 Å². The van der Waals surface area contributed by atoms with E-state index in [4.69, 9.17) is 10.8 Å². The highest BCUT2D eigenvalue weighted by Gasteiger charge is 2.26. The summed E-state index contributed by atoms with van der Waals surface area (Å²) in [5.41, 5.74) is 6.20. The molecule has 0 saturated carbocycles. The Labute approximate surface area is 106 Å². The highest BCUT2D eigenvalue weighted by Crippen LogP contribution is 2.21. The van der Waals surface area contributed by atoms with Crippen molar-refractivity contribution >= 4 is 0 Å². The first-order valence-corrected chi connectivity index (χ1v) is 6.77. The van der Waals surface area contributed by atoms with Crippen molar-refractivity contribution in [3.05, 3.63) is 0 Å². The van der Waals surface area contributed by atoms with Gasteiger partial charge in [0.25, 0.3) is 0 Å². The number of hydrogen-bond donors (Lipinski definition) is 2. The molecule has 0 bridgehead atoms. The second-order valence-electron chi connectivity index (χ2n) is 5.97. The summed E-state index contributed by atoms with van der Waals surface area (Å²) >= 11 is 0. The van der Waals surface area contributed by atoms with Crippen molar-refractivity contribution in [2.45, 2.75) is 33.2 Å². The number of aliphatic hydroxyl groups is 1.